The van der Waals surface area contributed by atoms with Gasteiger partial charge in [0.25, 0.3) is 0 Å². The van der Waals surface area contributed by atoms with Crippen LogP contribution in [0.1, 0.15) is 45.1 Å². The van der Waals surface area contributed by atoms with E-state index in [-0.39, 0.29) is 6.17 Å². The second-order valence-corrected chi connectivity index (χ2v) is 15.5. The second-order valence-electron chi connectivity index (χ2n) is 15.5. The van der Waals surface area contributed by atoms with Crippen LogP contribution in [0.15, 0.2) is 216 Å². The van der Waals surface area contributed by atoms with Gasteiger partial charge in [-0.3, -0.25) is 4.98 Å². The summed E-state index contributed by atoms with van der Waals surface area (Å²) in [6.07, 6.45) is 1.54. The van der Waals surface area contributed by atoms with Crippen molar-refractivity contribution in [2.75, 3.05) is 0 Å². The van der Waals surface area contributed by atoms with E-state index < -0.39 is 5.41 Å². The Morgan fingerprint density at radius 2 is 1.03 bits per heavy atom. The van der Waals surface area contributed by atoms with Crippen LogP contribution >= 0.6 is 0 Å². The van der Waals surface area contributed by atoms with Crippen molar-refractivity contribution in [1.29, 1.82) is 0 Å². The molecule has 2 aliphatic heterocycles. The first-order valence-corrected chi connectivity index (χ1v) is 20.4. The largest absolute Gasteiger partial charge is 0.455 e. The molecule has 5 nitrogen and oxygen atoms in total. The molecule has 1 aliphatic carbocycles. The molecule has 3 heterocycles. The monoisotopic (exact) mass is 768 g/mol. The topological polar surface area (TPSA) is 58.9 Å². The van der Waals surface area contributed by atoms with Gasteiger partial charge in [-0.05, 0) is 57.0 Å². The smallest absolute Gasteiger partial charge is 0.159 e. The van der Waals surface area contributed by atoms with Gasteiger partial charge in [0, 0.05) is 39.4 Å². The normalized spacial score (nSPS) is 15.4. The van der Waals surface area contributed by atoms with Crippen molar-refractivity contribution in [3.8, 4) is 45.0 Å². The lowest BCUT2D eigenvalue weighted by atomic mass is 9.65. The molecule has 5 heteroatoms. The van der Waals surface area contributed by atoms with Crippen molar-refractivity contribution < 1.29 is 4.74 Å². The van der Waals surface area contributed by atoms with E-state index in [1.54, 1.807) is 0 Å². The fourth-order valence-corrected chi connectivity index (χ4v) is 9.65. The minimum atomic E-state index is -0.679. The molecule has 1 unspecified atom stereocenters. The molecule has 3 aliphatic rings. The highest BCUT2D eigenvalue weighted by Gasteiger charge is 2.52. The average molecular weight is 769 g/mol. The molecule has 1 N–H and O–H groups in total. The molecule has 0 saturated heterocycles. The number of fused-ring (bicyclic) bond motifs is 10. The van der Waals surface area contributed by atoms with Crippen molar-refractivity contribution in [3.63, 3.8) is 0 Å². The standard InChI is InChI=1S/C55H36N4O/c1-3-17-36(18-4-1)52-57-53(37-19-5-2-6-20-37)59-54(58-52)44-27-15-31-48-51(44)60-50-41(38-21-13-22-39(34-38)49-40-23-8-7-16-35(40)32-33-56-49)26-14-30-47(50)55(48)45-28-11-9-24-42(45)43-25-10-12-29-46(43)55/h1-34,52H,(H,57,58,59). The van der Waals surface area contributed by atoms with Gasteiger partial charge in [0.2, 0.25) is 0 Å². The van der Waals surface area contributed by atoms with Gasteiger partial charge in [-0.2, -0.15) is 0 Å². The first kappa shape index (κ1) is 34.2. The van der Waals surface area contributed by atoms with Crippen LogP contribution in [-0.4, -0.2) is 16.7 Å². The third-order valence-corrected chi connectivity index (χ3v) is 12.3. The van der Waals surface area contributed by atoms with Crippen molar-refractivity contribution in [2.24, 2.45) is 9.98 Å². The van der Waals surface area contributed by atoms with Gasteiger partial charge < -0.3 is 10.1 Å². The number of aliphatic imine (C=N–C) groups is 2. The van der Waals surface area contributed by atoms with Crippen molar-refractivity contribution >= 4 is 22.4 Å². The van der Waals surface area contributed by atoms with Crippen molar-refractivity contribution in [2.45, 2.75) is 11.6 Å². The lowest BCUT2D eigenvalue weighted by Gasteiger charge is -2.41. The van der Waals surface area contributed by atoms with E-state index in [0.717, 1.165) is 72.5 Å². The van der Waals surface area contributed by atoms with E-state index in [4.69, 9.17) is 19.7 Å². The molecule has 0 bridgehead atoms. The highest BCUT2D eigenvalue weighted by molar-refractivity contribution is 6.14. The van der Waals surface area contributed by atoms with E-state index >= 15 is 0 Å². The maximum atomic E-state index is 7.49. The molecule has 8 aromatic carbocycles. The molecule has 60 heavy (non-hydrogen) atoms. The first-order valence-electron chi connectivity index (χ1n) is 20.4. The molecule has 0 amide bonds. The number of nitrogens with one attached hydrogen (secondary N) is 1. The van der Waals surface area contributed by atoms with Gasteiger partial charge in [0.15, 0.2) is 5.84 Å². The quantitative estimate of drug-likeness (QED) is 0.190. The lowest BCUT2D eigenvalue weighted by molar-refractivity contribution is 0.436. The highest BCUT2D eigenvalue weighted by atomic mass is 16.5. The van der Waals surface area contributed by atoms with E-state index in [2.05, 4.69) is 181 Å². The second kappa shape index (κ2) is 13.6. The number of benzene rings is 8. The average Bonchev–Trinajstić information content (AvgIpc) is 3.62. The predicted octanol–water partition coefficient (Wildman–Crippen LogP) is 12.5. The van der Waals surface area contributed by atoms with Crippen LogP contribution < -0.4 is 10.1 Å². The number of ether oxygens (including phenoxy) is 1. The van der Waals surface area contributed by atoms with Crippen LogP contribution in [0.2, 0.25) is 0 Å². The number of nitrogens with zero attached hydrogens (tertiary/aromatic N) is 3. The number of hydrogen-bond donors (Lipinski definition) is 1. The number of hydrogen-bond acceptors (Lipinski definition) is 5. The van der Waals surface area contributed by atoms with Crippen LogP contribution in [0.5, 0.6) is 11.5 Å². The Morgan fingerprint density at radius 1 is 0.467 bits per heavy atom. The summed E-state index contributed by atoms with van der Waals surface area (Å²) in [5.74, 6) is 2.95. The van der Waals surface area contributed by atoms with E-state index in [1.165, 1.54) is 22.3 Å². The fraction of sp³-hybridized carbons (Fsp3) is 0.0364. The summed E-state index contributed by atoms with van der Waals surface area (Å²) in [7, 11) is 0. The van der Waals surface area contributed by atoms with Crippen LogP contribution in [0.4, 0.5) is 0 Å². The molecule has 1 spiro atoms. The summed E-state index contributed by atoms with van der Waals surface area (Å²) in [6, 6.07) is 70.6. The zero-order valence-corrected chi connectivity index (χ0v) is 32.5. The summed E-state index contributed by atoms with van der Waals surface area (Å²) in [6.45, 7) is 0. The fourth-order valence-electron chi connectivity index (χ4n) is 9.65. The summed E-state index contributed by atoms with van der Waals surface area (Å²) in [4.78, 5) is 15.3. The van der Waals surface area contributed by atoms with Gasteiger partial charge in [0.1, 0.15) is 23.5 Å². The van der Waals surface area contributed by atoms with E-state index in [1.807, 2.05) is 30.5 Å². The van der Waals surface area contributed by atoms with Crippen LogP contribution in [-0.2, 0) is 5.41 Å². The van der Waals surface area contributed by atoms with Crippen LogP contribution in [0, 0.1) is 0 Å². The van der Waals surface area contributed by atoms with Crippen molar-refractivity contribution in [1.82, 2.24) is 10.3 Å². The molecule has 0 saturated carbocycles. The van der Waals surface area contributed by atoms with Gasteiger partial charge in [-0.15, -0.1) is 0 Å². The molecule has 282 valence electrons. The van der Waals surface area contributed by atoms with Gasteiger partial charge >= 0.3 is 0 Å². The van der Waals surface area contributed by atoms with Gasteiger partial charge in [-0.25, -0.2) is 9.98 Å². The predicted molar refractivity (Wildman–Crippen MR) is 242 cm³/mol. The summed E-state index contributed by atoms with van der Waals surface area (Å²) in [5, 5.41) is 6.02. The number of rotatable bonds is 5. The zero-order valence-electron chi connectivity index (χ0n) is 32.5. The third kappa shape index (κ3) is 5.16. The Bertz CT molecular complexity index is 3170. The Kier molecular flexibility index (Phi) is 7.75. The zero-order chi connectivity index (χ0) is 39.6. The molecule has 0 fully saturated rings. The Hall–Kier alpha value is -7.89. The molecule has 1 atom stereocenters. The highest BCUT2D eigenvalue weighted by Crippen LogP contribution is 2.63. The lowest BCUT2D eigenvalue weighted by Crippen LogP contribution is -2.36. The number of pyridine rings is 1. The molecular formula is C55H36N4O. The maximum Gasteiger partial charge on any atom is 0.159 e. The molecule has 9 aromatic rings. The summed E-state index contributed by atoms with van der Waals surface area (Å²) in [5.41, 5.74) is 13.3. The summed E-state index contributed by atoms with van der Waals surface area (Å²) < 4.78 is 7.49. The van der Waals surface area contributed by atoms with Crippen LogP contribution in [0.3, 0.4) is 0 Å². The molecule has 0 radical (unpaired) electrons. The van der Waals surface area contributed by atoms with Crippen LogP contribution in [0.25, 0.3) is 44.3 Å². The number of para-hydroxylation sites is 2. The molecular weight excluding hydrogens is 733 g/mol. The van der Waals surface area contributed by atoms with Crippen molar-refractivity contribution in [3.05, 3.63) is 245 Å². The van der Waals surface area contributed by atoms with E-state index in [9.17, 15) is 0 Å². The number of amidine groups is 2. The molecule has 1 aromatic heterocycles. The minimum absolute atomic E-state index is 0.358. The van der Waals surface area contributed by atoms with Gasteiger partial charge in [-0.1, -0.05) is 182 Å². The van der Waals surface area contributed by atoms with Gasteiger partial charge in [0.05, 0.1) is 16.7 Å². The SMILES string of the molecule is c1ccc(C2=NC(c3ccccc3)NC(c3cccc4c3Oc3c(-c5cccc(-c6nccc7ccccc67)c5)cccc3C43c4ccccc4-c4ccccc43)=N2)cc1. The number of aromatic nitrogens is 1. The maximum absolute atomic E-state index is 7.49. The minimum Gasteiger partial charge on any atom is -0.455 e. The Labute approximate surface area is 348 Å². The Morgan fingerprint density at radius 3 is 1.80 bits per heavy atom. The first-order chi connectivity index (χ1) is 29.8. The van der Waals surface area contributed by atoms with E-state index in [0.29, 0.717) is 11.7 Å². The Balaban J connectivity index is 1.11. The molecule has 12 rings (SSSR count). The summed E-state index contributed by atoms with van der Waals surface area (Å²) >= 11 is 0. The third-order valence-electron chi connectivity index (χ3n) is 12.3.